The van der Waals surface area contributed by atoms with Crippen LogP contribution in [0.1, 0.15) is 32.6 Å². The molecule has 5 heteroatoms. The fourth-order valence-corrected chi connectivity index (χ4v) is 2.53. The normalized spacial score (nSPS) is 32.1. The third kappa shape index (κ3) is 2.97. The van der Waals surface area contributed by atoms with Gasteiger partial charge in [-0.05, 0) is 12.8 Å². The lowest BCUT2D eigenvalue weighted by molar-refractivity contribution is -0.134. The molecule has 0 spiro atoms. The highest BCUT2D eigenvalue weighted by Gasteiger charge is 2.28. The molecule has 1 N–H and O–H groups in total. The summed E-state index contributed by atoms with van der Waals surface area (Å²) in [5, 5.41) is 12.1. The second-order valence-corrected chi connectivity index (χ2v) is 4.92. The van der Waals surface area contributed by atoms with Crippen molar-refractivity contribution in [2.45, 2.75) is 38.7 Å². The molecule has 0 aromatic carbocycles. The van der Waals surface area contributed by atoms with Crippen molar-refractivity contribution in [2.75, 3.05) is 19.7 Å². The number of nitrogens with zero attached hydrogens (tertiary/aromatic N) is 2. The zero-order valence-corrected chi connectivity index (χ0v) is 10.3. The molecule has 2 atom stereocenters. The monoisotopic (exact) mass is 240 g/mol. The van der Waals surface area contributed by atoms with E-state index in [2.05, 4.69) is 5.16 Å². The third-order valence-electron chi connectivity index (χ3n) is 3.61. The molecule has 2 aliphatic rings. The van der Waals surface area contributed by atoms with Crippen LogP contribution in [-0.4, -0.2) is 47.5 Å². The number of amides is 1. The van der Waals surface area contributed by atoms with Gasteiger partial charge in [-0.2, -0.15) is 0 Å². The predicted molar refractivity (Wildman–Crippen MR) is 63.2 cm³/mol. The molecular formula is C12H20N2O3. The van der Waals surface area contributed by atoms with Gasteiger partial charge < -0.3 is 14.8 Å². The van der Waals surface area contributed by atoms with Crippen molar-refractivity contribution in [3.63, 3.8) is 0 Å². The fourth-order valence-electron chi connectivity index (χ4n) is 2.53. The Morgan fingerprint density at radius 3 is 3.06 bits per heavy atom. The quantitative estimate of drug-likeness (QED) is 0.583. The van der Waals surface area contributed by atoms with Crippen LogP contribution in [0.2, 0.25) is 0 Å². The van der Waals surface area contributed by atoms with Gasteiger partial charge in [-0.15, -0.1) is 0 Å². The van der Waals surface area contributed by atoms with E-state index < -0.39 is 0 Å². The highest BCUT2D eigenvalue weighted by Crippen LogP contribution is 2.19. The van der Waals surface area contributed by atoms with Gasteiger partial charge in [-0.1, -0.05) is 12.1 Å². The zero-order valence-electron chi connectivity index (χ0n) is 10.3. The van der Waals surface area contributed by atoms with E-state index in [1.165, 1.54) is 0 Å². The lowest BCUT2D eigenvalue weighted by Gasteiger charge is -2.32. The van der Waals surface area contributed by atoms with Crippen LogP contribution in [-0.2, 0) is 9.53 Å². The van der Waals surface area contributed by atoms with Gasteiger partial charge >= 0.3 is 0 Å². The maximum Gasteiger partial charge on any atom is 0.225 e. The zero-order chi connectivity index (χ0) is 12.3. The van der Waals surface area contributed by atoms with Crippen molar-refractivity contribution in [1.82, 2.24) is 4.90 Å². The van der Waals surface area contributed by atoms with E-state index in [1.807, 2.05) is 11.8 Å². The van der Waals surface area contributed by atoms with Crippen LogP contribution < -0.4 is 0 Å². The van der Waals surface area contributed by atoms with Crippen LogP contribution >= 0.6 is 0 Å². The van der Waals surface area contributed by atoms with Gasteiger partial charge in [0.2, 0.25) is 5.91 Å². The van der Waals surface area contributed by atoms with Crippen LogP contribution in [0.5, 0.6) is 0 Å². The largest absolute Gasteiger partial charge is 0.411 e. The molecule has 96 valence electrons. The first-order valence-electron chi connectivity index (χ1n) is 6.31. The molecular weight excluding hydrogens is 220 g/mol. The van der Waals surface area contributed by atoms with Gasteiger partial charge in [0.25, 0.3) is 0 Å². The Labute approximate surface area is 101 Å². The number of carbonyl (C=O) groups excluding carboxylic acids is 1. The molecule has 0 aromatic rings. The molecule has 0 aromatic heterocycles. The topological polar surface area (TPSA) is 62.1 Å². The van der Waals surface area contributed by atoms with Gasteiger partial charge in [-0.25, -0.2) is 0 Å². The highest BCUT2D eigenvalue weighted by molar-refractivity contribution is 5.89. The van der Waals surface area contributed by atoms with Crippen LogP contribution in [0.4, 0.5) is 0 Å². The summed E-state index contributed by atoms with van der Waals surface area (Å²) in [6, 6.07) is 0. The standard InChI is InChI=1S/C12H20N2O3/c1-9-8-14(5-4-11(9)13-16)12(15)7-10-3-2-6-17-10/h9-10,16H,2-8H2,1H3. The lowest BCUT2D eigenvalue weighted by Crippen LogP contribution is -2.44. The first kappa shape index (κ1) is 12.4. The number of hydrogen-bond acceptors (Lipinski definition) is 4. The SMILES string of the molecule is CC1CN(C(=O)CC2CCCO2)CCC1=NO. The number of rotatable bonds is 2. The molecule has 2 saturated heterocycles. The molecule has 17 heavy (non-hydrogen) atoms. The first-order valence-corrected chi connectivity index (χ1v) is 6.31. The molecule has 2 heterocycles. The second kappa shape index (κ2) is 5.49. The van der Waals surface area contributed by atoms with Crippen LogP contribution in [0.25, 0.3) is 0 Å². The minimum atomic E-state index is 0.116. The van der Waals surface area contributed by atoms with Crippen molar-refractivity contribution in [1.29, 1.82) is 0 Å². The smallest absolute Gasteiger partial charge is 0.225 e. The van der Waals surface area contributed by atoms with Crippen molar-refractivity contribution < 1.29 is 14.7 Å². The summed E-state index contributed by atoms with van der Waals surface area (Å²) in [5.41, 5.74) is 0.797. The molecule has 2 fully saturated rings. The summed E-state index contributed by atoms with van der Waals surface area (Å²) in [6.07, 6.45) is 3.35. The number of carbonyl (C=O) groups is 1. The van der Waals surface area contributed by atoms with Gasteiger partial charge in [0.1, 0.15) is 0 Å². The summed E-state index contributed by atoms with van der Waals surface area (Å²) in [6.45, 7) is 4.09. The van der Waals surface area contributed by atoms with Crippen LogP contribution in [0.3, 0.4) is 0 Å². The van der Waals surface area contributed by atoms with E-state index in [4.69, 9.17) is 9.94 Å². The van der Waals surface area contributed by atoms with Gasteiger partial charge in [0, 0.05) is 32.0 Å². The van der Waals surface area contributed by atoms with Crippen LogP contribution in [0.15, 0.2) is 5.16 Å². The van der Waals surface area contributed by atoms with E-state index in [1.54, 1.807) is 0 Å². The number of oxime groups is 1. The van der Waals surface area contributed by atoms with Crippen LogP contribution in [0, 0.1) is 5.92 Å². The van der Waals surface area contributed by atoms with Gasteiger partial charge in [0.15, 0.2) is 0 Å². The summed E-state index contributed by atoms with van der Waals surface area (Å²) in [7, 11) is 0. The molecule has 0 aliphatic carbocycles. The lowest BCUT2D eigenvalue weighted by atomic mass is 9.97. The third-order valence-corrected chi connectivity index (χ3v) is 3.61. The molecule has 2 rings (SSSR count). The molecule has 0 radical (unpaired) electrons. The van der Waals surface area contributed by atoms with Crippen molar-refractivity contribution in [2.24, 2.45) is 11.1 Å². The second-order valence-electron chi connectivity index (χ2n) is 4.92. The maximum atomic E-state index is 12.0. The van der Waals surface area contributed by atoms with Crippen molar-refractivity contribution in [3.8, 4) is 0 Å². The fraction of sp³-hybridized carbons (Fsp3) is 0.833. The van der Waals surface area contributed by atoms with Gasteiger partial charge in [0.05, 0.1) is 18.2 Å². The summed E-state index contributed by atoms with van der Waals surface area (Å²) in [4.78, 5) is 13.9. The number of likely N-dealkylation sites (tertiary alicyclic amines) is 1. The molecule has 0 bridgehead atoms. The average Bonchev–Trinajstić information content (AvgIpc) is 2.81. The van der Waals surface area contributed by atoms with E-state index >= 15 is 0 Å². The number of piperidine rings is 1. The first-order chi connectivity index (χ1) is 8.20. The molecule has 1 amide bonds. The number of ether oxygens (including phenoxy) is 1. The van der Waals surface area contributed by atoms with E-state index in [9.17, 15) is 4.79 Å². The van der Waals surface area contributed by atoms with Gasteiger partial charge in [-0.3, -0.25) is 4.79 Å². The summed E-state index contributed by atoms with van der Waals surface area (Å²) < 4.78 is 5.47. The Balaban J connectivity index is 1.84. The molecule has 2 aliphatic heterocycles. The Bertz CT molecular complexity index is 311. The molecule has 5 nitrogen and oxygen atoms in total. The van der Waals surface area contributed by atoms with Crippen molar-refractivity contribution >= 4 is 11.6 Å². The molecule has 2 unspecified atom stereocenters. The Morgan fingerprint density at radius 2 is 2.47 bits per heavy atom. The highest BCUT2D eigenvalue weighted by atomic mass is 16.5. The summed E-state index contributed by atoms with van der Waals surface area (Å²) in [5.74, 6) is 0.322. The van der Waals surface area contributed by atoms with E-state index in [0.29, 0.717) is 25.9 Å². The minimum absolute atomic E-state index is 0.116. The Hall–Kier alpha value is -1.10. The maximum absolute atomic E-state index is 12.0. The Kier molecular flexibility index (Phi) is 3.99. The van der Waals surface area contributed by atoms with E-state index in [-0.39, 0.29) is 17.9 Å². The molecule has 0 saturated carbocycles. The average molecular weight is 240 g/mol. The summed E-state index contributed by atoms with van der Waals surface area (Å²) >= 11 is 0. The number of hydrogen-bond donors (Lipinski definition) is 1. The Morgan fingerprint density at radius 1 is 1.65 bits per heavy atom. The minimum Gasteiger partial charge on any atom is -0.411 e. The van der Waals surface area contributed by atoms with E-state index in [0.717, 1.165) is 25.2 Å². The van der Waals surface area contributed by atoms with Crippen molar-refractivity contribution in [3.05, 3.63) is 0 Å². The predicted octanol–water partition coefficient (Wildman–Crippen LogP) is 1.25.